The van der Waals surface area contributed by atoms with Gasteiger partial charge in [-0.05, 0) is 6.92 Å². The van der Waals surface area contributed by atoms with Gasteiger partial charge in [0, 0.05) is 13.1 Å². The molecule has 1 aliphatic heterocycles. The Balaban J connectivity index is 2.42. The summed E-state index contributed by atoms with van der Waals surface area (Å²) in [5.74, 6) is -2.11. The summed E-state index contributed by atoms with van der Waals surface area (Å²) in [7, 11) is 0. The van der Waals surface area contributed by atoms with Crippen LogP contribution in [0.15, 0.2) is 0 Å². The van der Waals surface area contributed by atoms with Gasteiger partial charge < -0.3 is 20.3 Å². The highest BCUT2D eigenvalue weighted by Gasteiger charge is 2.25. The van der Waals surface area contributed by atoms with Crippen LogP contribution in [-0.4, -0.2) is 61.5 Å². The van der Waals surface area contributed by atoms with E-state index in [1.54, 1.807) is 11.0 Å². The largest absolute Gasteiger partial charge is 0.378 e. The van der Waals surface area contributed by atoms with Gasteiger partial charge in [0.25, 0.3) is 0 Å². The number of carbonyl (C=O) groups excluding carboxylic acids is 3. The van der Waals surface area contributed by atoms with Crippen LogP contribution in [0.5, 0.6) is 0 Å². The first-order chi connectivity index (χ1) is 9.06. The number of amides is 3. The summed E-state index contributed by atoms with van der Waals surface area (Å²) in [6, 6.07) is 0.887. The molecule has 1 atom stereocenters. The molecule has 1 saturated heterocycles. The third kappa shape index (κ3) is 4.56. The molecule has 1 unspecified atom stereocenters. The minimum absolute atomic E-state index is 0.252. The van der Waals surface area contributed by atoms with Crippen LogP contribution in [0.25, 0.3) is 0 Å². The standard InChI is InChI=1S/C11H16N4O4/c1-8(11(18)15-4-6-19-7-5-15)14-10(17)9(16)13-3-2-12/h8H,3-7H2,1H3,(H,13,16)(H,14,17). The number of morpholine rings is 1. The second-order valence-electron chi connectivity index (χ2n) is 3.97. The van der Waals surface area contributed by atoms with Crippen molar-refractivity contribution in [3.05, 3.63) is 0 Å². The molecule has 0 aromatic rings. The first kappa shape index (κ1) is 14.9. The Labute approximate surface area is 110 Å². The summed E-state index contributed by atoms with van der Waals surface area (Å²) >= 11 is 0. The molecule has 0 radical (unpaired) electrons. The van der Waals surface area contributed by atoms with E-state index >= 15 is 0 Å². The van der Waals surface area contributed by atoms with E-state index in [1.165, 1.54) is 6.92 Å². The van der Waals surface area contributed by atoms with Gasteiger partial charge in [0.05, 0.1) is 19.3 Å². The summed E-state index contributed by atoms with van der Waals surface area (Å²) < 4.78 is 5.12. The van der Waals surface area contributed by atoms with E-state index in [9.17, 15) is 14.4 Å². The molecule has 8 heteroatoms. The van der Waals surface area contributed by atoms with Gasteiger partial charge >= 0.3 is 11.8 Å². The van der Waals surface area contributed by atoms with Gasteiger partial charge in [-0.2, -0.15) is 5.26 Å². The van der Waals surface area contributed by atoms with E-state index in [0.717, 1.165) is 0 Å². The molecule has 8 nitrogen and oxygen atoms in total. The summed E-state index contributed by atoms with van der Waals surface area (Å²) in [6.45, 7) is 3.13. The van der Waals surface area contributed by atoms with Crippen molar-refractivity contribution in [1.29, 1.82) is 5.26 Å². The lowest BCUT2D eigenvalue weighted by Gasteiger charge is -2.29. The number of nitriles is 1. The average Bonchev–Trinajstić information content (AvgIpc) is 2.44. The summed E-state index contributed by atoms with van der Waals surface area (Å²) in [4.78, 5) is 36.1. The van der Waals surface area contributed by atoms with Crippen molar-refractivity contribution >= 4 is 17.7 Å². The van der Waals surface area contributed by atoms with Gasteiger partial charge in [-0.15, -0.1) is 0 Å². The molecular weight excluding hydrogens is 252 g/mol. The van der Waals surface area contributed by atoms with Crippen molar-refractivity contribution < 1.29 is 19.1 Å². The Bertz CT molecular complexity index is 398. The van der Waals surface area contributed by atoms with Crippen LogP contribution < -0.4 is 10.6 Å². The predicted molar refractivity (Wildman–Crippen MR) is 63.6 cm³/mol. The van der Waals surface area contributed by atoms with Crippen LogP contribution in [0.3, 0.4) is 0 Å². The zero-order chi connectivity index (χ0) is 14.3. The summed E-state index contributed by atoms with van der Waals surface area (Å²) in [6.07, 6.45) is 0. The maximum Gasteiger partial charge on any atom is 0.310 e. The second kappa shape index (κ2) is 7.33. The third-order valence-corrected chi connectivity index (χ3v) is 2.58. The highest BCUT2D eigenvalue weighted by atomic mass is 16.5. The maximum atomic E-state index is 11.9. The Hall–Kier alpha value is -2.14. The van der Waals surface area contributed by atoms with Gasteiger partial charge in [-0.3, -0.25) is 14.4 Å². The Kier molecular flexibility index (Phi) is 5.75. The van der Waals surface area contributed by atoms with Gasteiger partial charge in [0.1, 0.15) is 12.6 Å². The highest BCUT2D eigenvalue weighted by molar-refractivity contribution is 6.35. The van der Waals surface area contributed by atoms with E-state index in [4.69, 9.17) is 10.00 Å². The van der Waals surface area contributed by atoms with Crippen LogP contribution in [0.1, 0.15) is 6.92 Å². The fourth-order valence-electron chi connectivity index (χ4n) is 1.58. The molecule has 0 aliphatic carbocycles. The first-order valence-corrected chi connectivity index (χ1v) is 5.88. The molecule has 2 N–H and O–H groups in total. The van der Waals surface area contributed by atoms with Crippen LogP contribution in [0, 0.1) is 11.3 Å². The van der Waals surface area contributed by atoms with Gasteiger partial charge in [0.2, 0.25) is 5.91 Å². The van der Waals surface area contributed by atoms with E-state index in [2.05, 4.69) is 10.6 Å². The van der Waals surface area contributed by atoms with Crippen molar-refractivity contribution in [2.75, 3.05) is 32.8 Å². The molecule has 0 spiro atoms. The molecule has 1 fully saturated rings. The second-order valence-corrected chi connectivity index (χ2v) is 3.97. The van der Waals surface area contributed by atoms with E-state index < -0.39 is 17.9 Å². The van der Waals surface area contributed by atoms with Crippen LogP contribution in [0.2, 0.25) is 0 Å². The van der Waals surface area contributed by atoms with Gasteiger partial charge in [0.15, 0.2) is 0 Å². The summed E-state index contributed by atoms with van der Waals surface area (Å²) in [5, 5.41) is 12.7. The van der Waals surface area contributed by atoms with Crippen molar-refractivity contribution in [3.63, 3.8) is 0 Å². The summed E-state index contributed by atoms with van der Waals surface area (Å²) in [5.41, 5.74) is 0. The minimum atomic E-state index is -0.928. The molecule has 0 bridgehead atoms. The zero-order valence-corrected chi connectivity index (χ0v) is 10.6. The molecule has 1 heterocycles. The fraction of sp³-hybridized carbons (Fsp3) is 0.636. The van der Waals surface area contributed by atoms with Crippen LogP contribution in [-0.2, 0) is 19.1 Å². The molecule has 0 aromatic heterocycles. The van der Waals surface area contributed by atoms with Crippen molar-refractivity contribution in [2.24, 2.45) is 0 Å². The number of nitrogens with one attached hydrogen (secondary N) is 2. The molecule has 1 rings (SSSR count). The number of nitrogens with zero attached hydrogens (tertiary/aromatic N) is 2. The molecule has 0 saturated carbocycles. The quantitative estimate of drug-likeness (QED) is 0.454. The van der Waals surface area contributed by atoms with Crippen LogP contribution >= 0.6 is 0 Å². The molecule has 19 heavy (non-hydrogen) atoms. The third-order valence-electron chi connectivity index (χ3n) is 2.58. The number of hydrogen-bond acceptors (Lipinski definition) is 5. The monoisotopic (exact) mass is 268 g/mol. The number of rotatable bonds is 3. The Morgan fingerprint density at radius 2 is 1.95 bits per heavy atom. The van der Waals surface area contributed by atoms with Crippen molar-refractivity contribution in [3.8, 4) is 6.07 Å². The smallest absolute Gasteiger partial charge is 0.310 e. The lowest BCUT2D eigenvalue weighted by molar-refractivity contribution is -0.143. The number of carbonyl (C=O) groups is 3. The Morgan fingerprint density at radius 1 is 1.32 bits per heavy atom. The SMILES string of the molecule is CC(NC(=O)C(=O)NCC#N)C(=O)N1CCOCC1. The number of ether oxygens (including phenoxy) is 1. The topological polar surface area (TPSA) is 112 Å². The molecule has 3 amide bonds. The normalized spacial score (nSPS) is 16.1. The van der Waals surface area contributed by atoms with Gasteiger partial charge in [-0.1, -0.05) is 0 Å². The molecule has 1 aliphatic rings. The predicted octanol–water partition coefficient (Wildman–Crippen LogP) is -2.01. The first-order valence-electron chi connectivity index (χ1n) is 5.88. The average molecular weight is 268 g/mol. The van der Waals surface area contributed by atoms with Crippen molar-refractivity contribution in [2.45, 2.75) is 13.0 Å². The van der Waals surface area contributed by atoms with E-state index in [1.807, 2.05) is 0 Å². The van der Waals surface area contributed by atoms with E-state index in [0.29, 0.717) is 26.3 Å². The minimum Gasteiger partial charge on any atom is -0.378 e. The molecule has 0 aromatic carbocycles. The maximum absolute atomic E-state index is 11.9. The van der Waals surface area contributed by atoms with Gasteiger partial charge in [-0.25, -0.2) is 0 Å². The van der Waals surface area contributed by atoms with Crippen LogP contribution in [0.4, 0.5) is 0 Å². The fourth-order valence-corrected chi connectivity index (χ4v) is 1.58. The highest BCUT2D eigenvalue weighted by Crippen LogP contribution is 2.00. The molecular formula is C11H16N4O4. The zero-order valence-electron chi connectivity index (χ0n) is 10.6. The van der Waals surface area contributed by atoms with Crippen molar-refractivity contribution in [1.82, 2.24) is 15.5 Å². The van der Waals surface area contributed by atoms with E-state index in [-0.39, 0.29) is 12.5 Å². The lowest BCUT2D eigenvalue weighted by Crippen LogP contribution is -2.53. The molecule has 104 valence electrons. The lowest BCUT2D eigenvalue weighted by atomic mass is 10.2. The number of hydrogen-bond donors (Lipinski definition) is 2. The Morgan fingerprint density at radius 3 is 2.53 bits per heavy atom.